The second kappa shape index (κ2) is 8.77. The first-order valence-electron chi connectivity index (χ1n) is 10.4. The second-order valence-corrected chi connectivity index (χ2v) is 8.50. The molecule has 1 aliphatic rings. The molecule has 2 heterocycles. The molecule has 1 saturated heterocycles. The van der Waals surface area contributed by atoms with Crippen LogP contribution in [-0.2, 0) is 0 Å². The Hall–Kier alpha value is -3.15. The number of fused-ring (bicyclic) bond motifs is 1. The molecular weight excluding hydrogens is 443 g/mol. The minimum atomic E-state index is -0.0469. The highest BCUT2D eigenvalue weighted by molar-refractivity contribution is 6.33. The molecular formula is C25H20Cl2N4O. The maximum absolute atomic E-state index is 12.9. The van der Waals surface area contributed by atoms with Gasteiger partial charge in [0, 0.05) is 42.2 Å². The molecule has 1 aliphatic heterocycles. The second-order valence-electron chi connectivity index (χ2n) is 7.66. The molecule has 0 atom stereocenters. The minimum Gasteiger partial charge on any atom is -0.337 e. The van der Waals surface area contributed by atoms with Gasteiger partial charge < -0.3 is 9.80 Å². The highest BCUT2D eigenvalue weighted by atomic mass is 35.5. The van der Waals surface area contributed by atoms with Gasteiger partial charge in [-0.05, 0) is 30.3 Å². The number of carbonyl (C=O) groups excluding carboxylic acids is 1. The van der Waals surface area contributed by atoms with Crippen LogP contribution in [0.3, 0.4) is 0 Å². The summed E-state index contributed by atoms with van der Waals surface area (Å²) >= 11 is 12.5. The highest BCUT2D eigenvalue weighted by Crippen LogP contribution is 2.30. The van der Waals surface area contributed by atoms with Crippen molar-refractivity contribution in [3.8, 4) is 11.3 Å². The smallest absolute Gasteiger partial charge is 0.255 e. The molecule has 1 amide bonds. The predicted molar refractivity (Wildman–Crippen MR) is 130 cm³/mol. The molecule has 4 aromatic rings. The van der Waals surface area contributed by atoms with Crippen molar-refractivity contribution in [2.24, 2.45) is 0 Å². The van der Waals surface area contributed by atoms with E-state index in [1.165, 1.54) is 0 Å². The maximum Gasteiger partial charge on any atom is 0.255 e. The number of piperazine rings is 1. The van der Waals surface area contributed by atoms with E-state index >= 15 is 0 Å². The Morgan fingerprint density at radius 1 is 0.812 bits per heavy atom. The molecule has 1 aromatic heterocycles. The number of anilines is 1. The number of hydrogen-bond acceptors (Lipinski definition) is 4. The predicted octanol–water partition coefficient (Wildman–Crippen LogP) is 5.57. The van der Waals surface area contributed by atoms with Crippen LogP contribution < -0.4 is 4.90 Å². The zero-order chi connectivity index (χ0) is 22.1. The third-order valence-corrected chi connectivity index (χ3v) is 6.21. The number of amides is 1. The van der Waals surface area contributed by atoms with E-state index in [9.17, 15) is 4.79 Å². The minimum absolute atomic E-state index is 0.0469. The van der Waals surface area contributed by atoms with Gasteiger partial charge in [0.05, 0.1) is 21.8 Å². The van der Waals surface area contributed by atoms with Crippen LogP contribution in [0.2, 0.25) is 10.0 Å². The van der Waals surface area contributed by atoms with Crippen LogP contribution in [0.4, 0.5) is 5.95 Å². The number of rotatable bonds is 3. The van der Waals surface area contributed by atoms with Crippen LogP contribution in [0.1, 0.15) is 10.4 Å². The van der Waals surface area contributed by atoms with Crippen molar-refractivity contribution < 1.29 is 4.79 Å². The van der Waals surface area contributed by atoms with Crippen molar-refractivity contribution in [2.45, 2.75) is 0 Å². The average Bonchev–Trinajstić information content (AvgIpc) is 2.84. The first kappa shape index (κ1) is 20.7. The van der Waals surface area contributed by atoms with E-state index in [1.54, 1.807) is 12.1 Å². The van der Waals surface area contributed by atoms with Crippen molar-refractivity contribution in [2.75, 3.05) is 31.1 Å². The summed E-state index contributed by atoms with van der Waals surface area (Å²) in [6.07, 6.45) is 0. The number of halogens is 2. The summed E-state index contributed by atoms with van der Waals surface area (Å²) in [6, 6.07) is 22.9. The average molecular weight is 463 g/mol. The molecule has 0 N–H and O–H groups in total. The van der Waals surface area contributed by atoms with E-state index in [0.29, 0.717) is 47.7 Å². The molecule has 0 bridgehead atoms. The van der Waals surface area contributed by atoms with E-state index in [2.05, 4.69) is 4.90 Å². The van der Waals surface area contributed by atoms with Crippen LogP contribution in [0, 0.1) is 0 Å². The Morgan fingerprint density at radius 2 is 1.53 bits per heavy atom. The lowest BCUT2D eigenvalue weighted by atomic mass is 10.1. The molecule has 0 unspecified atom stereocenters. The third-order valence-electron chi connectivity index (χ3n) is 5.65. The summed E-state index contributed by atoms with van der Waals surface area (Å²) < 4.78 is 0. The SMILES string of the molecule is O=C(c1ccccc1Cl)N1CCN(c2nc(-c3ccccc3)c3cc(Cl)ccc3n2)CC1. The lowest BCUT2D eigenvalue weighted by Crippen LogP contribution is -2.49. The van der Waals surface area contributed by atoms with E-state index in [4.69, 9.17) is 33.2 Å². The Morgan fingerprint density at radius 3 is 2.28 bits per heavy atom. The number of hydrogen-bond donors (Lipinski definition) is 0. The van der Waals surface area contributed by atoms with Crippen molar-refractivity contribution in [1.29, 1.82) is 0 Å². The molecule has 0 radical (unpaired) electrons. The van der Waals surface area contributed by atoms with Crippen LogP contribution in [0.5, 0.6) is 0 Å². The van der Waals surface area contributed by atoms with E-state index in [0.717, 1.165) is 22.2 Å². The number of aromatic nitrogens is 2. The van der Waals surface area contributed by atoms with E-state index < -0.39 is 0 Å². The van der Waals surface area contributed by atoms with Crippen molar-refractivity contribution in [1.82, 2.24) is 14.9 Å². The van der Waals surface area contributed by atoms with Crippen molar-refractivity contribution >= 4 is 46.0 Å². The largest absolute Gasteiger partial charge is 0.337 e. The van der Waals surface area contributed by atoms with Gasteiger partial charge in [0.2, 0.25) is 5.95 Å². The molecule has 0 saturated carbocycles. The van der Waals surface area contributed by atoms with Gasteiger partial charge in [0.25, 0.3) is 5.91 Å². The van der Waals surface area contributed by atoms with E-state index in [-0.39, 0.29) is 5.91 Å². The zero-order valence-corrected chi connectivity index (χ0v) is 18.7. The fourth-order valence-electron chi connectivity index (χ4n) is 3.96. The Kier molecular flexibility index (Phi) is 5.68. The summed E-state index contributed by atoms with van der Waals surface area (Å²) in [5, 5.41) is 2.04. The molecule has 32 heavy (non-hydrogen) atoms. The number of nitrogens with zero attached hydrogens (tertiary/aromatic N) is 4. The monoisotopic (exact) mass is 462 g/mol. The highest BCUT2D eigenvalue weighted by Gasteiger charge is 2.25. The third kappa shape index (κ3) is 4.01. The molecule has 0 aliphatic carbocycles. The van der Waals surface area contributed by atoms with Gasteiger partial charge in [-0.15, -0.1) is 0 Å². The number of carbonyl (C=O) groups is 1. The first-order chi connectivity index (χ1) is 15.6. The van der Waals surface area contributed by atoms with Gasteiger partial charge in [-0.1, -0.05) is 65.7 Å². The Labute approximate surface area is 196 Å². The molecule has 5 rings (SSSR count). The summed E-state index contributed by atoms with van der Waals surface area (Å²) in [5.74, 6) is 0.609. The van der Waals surface area contributed by atoms with Crippen LogP contribution in [0.15, 0.2) is 72.8 Å². The molecule has 5 nitrogen and oxygen atoms in total. The molecule has 0 spiro atoms. The fourth-order valence-corrected chi connectivity index (χ4v) is 4.35. The van der Waals surface area contributed by atoms with Crippen LogP contribution in [-0.4, -0.2) is 47.0 Å². The van der Waals surface area contributed by atoms with Gasteiger partial charge >= 0.3 is 0 Å². The zero-order valence-electron chi connectivity index (χ0n) is 17.2. The van der Waals surface area contributed by atoms with E-state index in [1.807, 2.05) is 65.6 Å². The fraction of sp³-hybridized carbons (Fsp3) is 0.160. The van der Waals surface area contributed by atoms with Gasteiger partial charge in [-0.3, -0.25) is 4.79 Å². The van der Waals surface area contributed by atoms with Crippen LogP contribution in [0.25, 0.3) is 22.2 Å². The summed E-state index contributed by atoms with van der Waals surface area (Å²) in [6.45, 7) is 2.44. The quantitative estimate of drug-likeness (QED) is 0.399. The van der Waals surface area contributed by atoms with Gasteiger partial charge in [-0.25, -0.2) is 9.97 Å². The van der Waals surface area contributed by atoms with Crippen molar-refractivity contribution in [3.05, 3.63) is 88.4 Å². The summed E-state index contributed by atoms with van der Waals surface area (Å²) in [5.41, 5.74) is 3.24. The number of benzene rings is 3. The van der Waals surface area contributed by atoms with Crippen LogP contribution >= 0.6 is 23.2 Å². The van der Waals surface area contributed by atoms with Gasteiger partial charge in [-0.2, -0.15) is 0 Å². The van der Waals surface area contributed by atoms with Crippen molar-refractivity contribution in [3.63, 3.8) is 0 Å². The Bertz CT molecular complexity index is 1290. The maximum atomic E-state index is 12.9. The van der Waals surface area contributed by atoms with Gasteiger partial charge in [0.15, 0.2) is 0 Å². The standard InChI is InChI=1S/C25H20Cl2N4O/c26-18-10-11-22-20(16-18)23(17-6-2-1-3-7-17)29-25(28-22)31-14-12-30(13-15-31)24(32)19-8-4-5-9-21(19)27/h1-11,16H,12-15H2. The first-order valence-corrected chi connectivity index (χ1v) is 11.2. The Balaban J connectivity index is 1.43. The van der Waals surface area contributed by atoms with Gasteiger partial charge in [0.1, 0.15) is 0 Å². The summed E-state index contributed by atoms with van der Waals surface area (Å²) in [7, 11) is 0. The molecule has 160 valence electrons. The lowest BCUT2D eigenvalue weighted by Gasteiger charge is -2.35. The normalized spacial score (nSPS) is 14.1. The molecule has 3 aromatic carbocycles. The molecule has 1 fully saturated rings. The topological polar surface area (TPSA) is 49.3 Å². The summed E-state index contributed by atoms with van der Waals surface area (Å²) in [4.78, 5) is 26.6. The molecule has 7 heteroatoms. The lowest BCUT2D eigenvalue weighted by molar-refractivity contribution is 0.0746.